The van der Waals surface area contributed by atoms with Crippen LogP contribution in [-0.4, -0.2) is 64.6 Å². The van der Waals surface area contributed by atoms with Crippen molar-refractivity contribution in [2.75, 3.05) is 30.3 Å². The summed E-state index contributed by atoms with van der Waals surface area (Å²) in [6.45, 7) is -0.839. The van der Waals surface area contributed by atoms with Crippen LogP contribution in [0.2, 0.25) is 0 Å². The second-order valence-corrected chi connectivity index (χ2v) is 14.3. The maximum absolute atomic E-state index is 13.1. The van der Waals surface area contributed by atoms with Gasteiger partial charge in [0.05, 0.1) is 35.3 Å². The van der Waals surface area contributed by atoms with Gasteiger partial charge in [0.15, 0.2) is 9.84 Å². The summed E-state index contributed by atoms with van der Waals surface area (Å²) in [7, 11) is -3.46. The van der Waals surface area contributed by atoms with E-state index >= 15 is 0 Å². The summed E-state index contributed by atoms with van der Waals surface area (Å²) in [6, 6.07) is 12.5. The average Bonchev–Trinajstić information content (AvgIpc) is 3.44. The zero-order valence-electron chi connectivity index (χ0n) is 25.5. The summed E-state index contributed by atoms with van der Waals surface area (Å²) in [5.41, 5.74) is 7.49. The van der Waals surface area contributed by atoms with Crippen molar-refractivity contribution in [3.05, 3.63) is 59.2 Å². The van der Waals surface area contributed by atoms with Crippen molar-refractivity contribution >= 4 is 21.4 Å². The lowest BCUT2D eigenvalue weighted by Gasteiger charge is -2.30. The number of hydrogen-bond donors (Lipinski definition) is 2. The quantitative estimate of drug-likeness (QED) is 0.259. The van der Waals surface area contributed by atoms with Crippen molar-refractivity contribution in [2.45, 2.75) is 81.1 Å². The first-order valence-corrected chi connectivity index (χ1v) is 17.0. The lowest BCUT2D eigenvalue weighted by Crippen LogP contribution is -2.38. The third-order valence-corrected chi connectivity index (χ3v) is 10.9. The predicted molar refractivity (Wildman–Crippen MR) is 162 cm³/mol. The lowest BCUT2D eigenvalue weighted by atomic mass is 9.81. The molecule has 2 aromatic carbocycles. The SMILES string of the molecule is CCS(=O)(=O)c1ccc([C@H](CC#N)c2cc(N3CC(NCC4CCC(C(F)(F)F)CC4)CC3COC(F)F)ccc2C(N)=O)cc1. The van der Waals surface area contributed by atoms with Gasteiger partial charge in [-0.05, 0) is 86.0 Å². The molecule has 1 saturated heterocycles. The van der Waals surface area contributed by atoms with Crippen LogP contribution in [0.25, 0.3) is 0 Å². The van der Waals surface area contributed by atoms with Gasteiger partial charge in [0.2, 0.25) is 5.91 Å². The second-order valence-electron chi connectivity index (χ2n) is 12.0. The van der Waals surface area contributed by atoms with Gasteiger partial charge in [-0.25, -0.2) is 8.42 Å². The van der Waals surface area contributed by atoms with Crippen LogP contribution in [0.4, 0.5) is 27.6 Å². The summed E-state index contributed by atoms with van der Waals surface area (Å²) < 4.78 is 94.7. The molecule has 4 rings (SSSR count). The van der Waals surface area contributed by atoms with Crippen molar-refractivity contribution < 1.29 is 39.9 Å². The number of alkyl halides is 5. The van der Waals surface area contributed by atoms with E-state index in [1.807, 2.05) is 4.90 Å². The molecule has 1 saturated carbocycles. The van der Waals surface area contributed by atoms with E-state index in [1.165, 1.54) is 25.1 Å². The molecule has 8 nitrogen and oxygen atoms in total. The molecule has 0 bridgehead atoms. The molecule has 14 heteroatoms. The van der Waals surface area contributed by atoms with Gasteiger partial charge in [-0.1, -0.05) is 19.1 Å². The van der Waals surface area contributed by atoms with E-state index in [9.17, 15) is 40.4 Å². The summed E-state index contributed by atoms with van der Waals surface area (Å²) in [5, 5.41) is 13.1. The predicted octanol–water partition coefficient (Wildman–Crippen LogP) is 5.77. The second kappa shape index (κ2) is 15.1. The van der Waals surface area contributed by atoms with Gasteiger partial charge in [-0.2, -0.15) is 27.2 Å². The molecule has 46 heavy (non-hydrogen) atoms. The molecular formula is C32H39F5N4O4S. The van der Waals surface area contributed by atoms with Gasteiger partial charge in [0, 0.05) is 36.2 Å². The Morgan fingerprint density at radius 3 is 2.37 bits per heavy atom. The molecule has 2 aliphatic rings. The van der Waals surface area contributed by atoms with E-state index < -0.39 is 46.4 Å². The Balaban J connectivity index is 1.58. The molecule has 252 valence electrons. The molecule has 1 aliphatic carbocycles. The molecule has 1 aliphatic heterocycles. The van der Waals surface area contributed by atoms with E-state index in [1.54, 1.807) is 24.3 Å². The monoisotopic (exact) mass is 670 g/mol. The number of nitrogens with zero attached hydrogens (tertiary/aromatic N) is 2. The fourth-order valence-electron chi connectivity index (χ4n) is 6.56. The van der Waals surface area contributed by atoms with Gasteiger partial charge in [0.25, 0.3) is 0 Å². The Hall–Kier alpha value is -3.28. The Bertz CT molecular complexity index is 1490. The number of rotatable bonds is 13. The van der Waals surface area contributed by atoms with Gasteiger partial charge in [-0.3, -0.25) is 4.79 Å². The number of amides is 1. The van der Waals surface area contributed by atoms with E-state index in [0.29, 0.717) is 49.2 Å². The van der Waals surface area contributed by atoms with Crippen LogP contribution < -0.4 is 16.0 Å². The standard InChI is InChI=1S/C32H39F5N4O4S/c1-2-46(43,44)26-10-5-21(6-11-26)27(13-14-38)29-16-24(9-12-28(29)30(39)42)41-18-23(15-25(41)19-45-31(33)34)40-17-20-3-7-22(8-4-20)32(35,36)37/h5-6,9-12,16,20,22-23,25,27,31,40H,2-4,7-8,13,15,17-19H2,1H3,(H2,39,42)/t20?,22?,23?,25?,27-/m0/s1. The first-order chi connectivity index (χ1) is 21.7. The van der Waals surface area contributed by atoms with Crippen molar-refractivity contribution in [3.63, 3.8) is 0 Å². The van der Waals surface area contributed by atoms with Crippen LogP contribution in [0, 0.1) is 23.2 Å². The van der Waals surface area contributed by atoms with Crippen LogP contribution in [0.5, 0.6) is 0 Å². The summed E-state index contributed by atoms with van der Waals surface area (Å²) in [6.07, 6.45) is -2.71. The number of carbonyl (C=O) groups excluding carboxylic acids is 1. The maximum Gasteiger partial charge on any atom is 0.391 e. The van der Waals surface area contributed by atoms with Crippen LogP contribution >= 0.6 is 0 Å². The summed E-state index contributed by atoms with van der Waals surface area (Å²) >= 11 is 0. The number of hydrogen-bond acceptors (Lipinski definition) is 7. The molecule has 2 aromatic rings. The van der Waals surface area contributed by atoms with Crippen LogP contribution in [0.15, 0.2) is 47.4 Å². The van der Waals surface area contributed by atoms with Crippen LogP contribution in [0.1, 0.15) is 72.9 Å². The zero-order valence-corrected chi connectivity index (χ0v) is 26.3. The number of sulfone groups is 1. The Labute approximate surface area is 266 Å². The third kappa shape index (κ3) is 8.74. The Kier molecular flexibility index (Phi) is 11.7. The fourth-order valence-corrected chi connectivity index (χ4v) is 7.45. The Morgan fingerprint density at radius 1 is 1.13 bits per heavy atom. The largest absolute Gasteiger partial charge is 0.391 e. The molecule has 2 fully saturated rings. The van der Waals surface area contributed by atoms with Crippen molar-refractivity contribution in [2.24, 2.45) is 17.6 Å². The van der Waals surface area contributed by atoms with Crippen molar-refractivity contribution in [3.8, 4) is 6.07 Å². The third-order valence-electron chi connectivity index (χ3n) is 9.16. The number of nitriles is 1. The van der Waals surface area contributed by atoms with Gasteiger partial charge in [0.1, 0.15) is 0 Å². The highest BCUT2D eigenvalue weighted by molar-refractivity contribution is 7.91. The number of halogens is 5. The highest BCUT2D eigenvalue weighted by atomic mass is 32.2. The molecule has 0 aromatic heterocycles. The van der Waals surface area contributed by atoms with Crippen LogP contribution in [-0.2, 0) is 14.6 Å². The zero-order chi connectivity index (χ0) is 33.6. The molecule has 2 unspecified atom stereocenters. The maximum atomic E-state index is 13.1. The average molecular weight is 671 g/mol. The van der Waals surface area contributed by atoms with Crippen molar-refractivity contribution in [1.82, 2.24) is 5.32 Å². The van der Waals surface area contributed by atoms with E-state index in [0.717, 1.165) is 0 Å². The molecule has 3 N–H and O–H groups in total. The van der Waals surface area contributed by atoms with Crippen molar-refractivity contribution in [1.29, 1.82) is 5.26 Å². The number of primary amides is 1. The molecule has 3 atom stereocenters. The highest BCUT2D eigenvalue weighted by Crippen LogP contribution is 2.40. The minimum atomic E-state index is -4.18. The number of carbonyl (C=O) groups is 1. The number of benzene rings is 2. The first kappa shape index (κ1) is 35.6. The fraction of sp³-hybridized carbons (Fsp3) is 0.562. The number of nitrogens with one attached hydrogen (secondary N) is 1. The number of ether oxygens (including phenoxy) is 1. The normalized spacial score (nSPS) is 23.0. The molecular weight excluding hydrogens is 631 g/mol. The minimum Gasteiger partial charge on any atom is -0.366 e. The van der Waals surface area contributed by atoms with E-state index in [2.05, 4.69) is 16.1 Å². The number of nitrogens with two attached hydrogens (primary N) is 1. The minimum absolute atomic E-state index is 0.0533. The van der Waals surface area contributed by atoms with Gasteiger partial charge >= 0.3 is 12.8 Å². The summed E-state index contributed by atoms with van der Waals surface area (Å²) in [5.74, 6) is -2.65. The number of anilines is 1. The molecule has 0 radical (unpaired) electrons. The topological polar surface area (TPSA) is 126 Å². The van der Waals surface area contributed by atoms with E-state index in [4.69, 9.17) is 5.73 Å². The van der Waals surface area contributed by atoms with Crippen LogP contribution in [0.3, 0.4) is 0 Å². The molecule has 1 amide bonds. The Morgan fingerprint density at radius 2 is 1.80 bits per heavy atom. The van der Waals surface area contributed by atoms with E-state index in [-0.39, 0.29) is 54.0 Å². The van der Waals surface area contributed by atoms with Gasteiger partial charge < -0.3 is 20.7 Å². The first-order valence-electron chi connectivity index (χ1n) is 15.3. The lowest BCUT2D eigenvalue weighted by molar-refractivity contribution is -0.183. The summed E-state index contributed by atoms with van der Waals surface area (Å²) in [4.78, 5) is 14.5. The molecule has 0 spiro atoms. The smallest absolute Gasteiger partial charge is 0.366 e. The highest BCUT2D eigenvalue weighted by Gasteiger charge is 2.41. The molecule has 1 heterocycles. The van der Waals surface area contributed by atoms with Gasteiger partial charge in [-0.15, -0.1) is 0 Å².